The summed E-state index contributed by atoms with van der Waals surface area (Å²) in [5.74, 6) is -0.165. The number of hydrogen-bond acceptors (Lipinski definition) is 1. The van der Waals surface area contributed by atoms with Crippen molar-refractivity contribution >= 4 is 51.9 Å². The van der Waals surface area contributed by atoms with Crippen molar-refractivity contribution in [1.82, 2.24) is 0 Å². The molecule has 96 valence electrons. The van der Waals surface area contributed by atoms with Crippen LogP contribution in [0.3, 0.4) is 0 Å². The number of rotatable bonds is 3. The first-order chi connectivity index (χ1) is 9.13. The summed E-state index contributed by atoms with van der Waals surface area (Å²) >= 11 is 8.07. The fraction of sp³-hybridized carbons (Fsp3) is 0. The molecule has 1 N–H and O–H groups in total. The predicted octanol–water partition coefficient (Wildman–Crippen LogP) is 4.60. The Hall–Kier alpha value is -1.33. The van der Waals surface area contributed by atoms with Gasteiger partial charge in [0.15, 0.2) is 0 Å². The maximum atomic E-state index is 11.7. The van der Waals surface area contributed by atoms with Crippen molar-refractivity contribution in [2.24, 2.45) is 0 Å². The lowest BCUT2D eigenvalue weighted by molar-refractivity contribution is -0.111. The van der Waals surface area contributed by atoms with E-state index < -0.39 is 0 Å². The number of amides is 1. The van der Waals surface area contributed by atoms with E-state index in [9.17, 15) is 4.79 Å². The van der Waals surface area contributed by atoms with Crippen LogP contribution < -0.4 is 5.32 Å². The molecule has 0 saturated heterocycles. The molecule has 0 spiro atoms. The third-order valence-electron chi connectivity index (χ3n) is 2.37. The molecular formula is C15H11ClINO. The summed E-state index contributed by atoms with van der Waals surface area (Å²) in [5.41, 5.74) is 1.68. The van der Waals surface area contributed by atoms with E-state index in [4.69, 9.17) is 11.6 Å². The molecule has 19 heavy (non-hydrogen) atoms. The van der Waals surface area contributed by atoms with Gasteiger partial charge in [-0.3, -0.25) is 4.79 Å². The number of hydrogen-bond donors (Lipinski definition) is 1. The van der Waals surface area contributed by atoms with Crippen LogP contribution in [0.4, 0.5) is 5.69 Å². The second-order valence-corrected chi connectivity index (χ2v) is 5.57. The normalized spacial score (nSPS) is 10.6. The van der Waals surface area contributed by atoms with E-state index >= 15 is 0 Å². The van der Waals surface area contributed by atoms with Gasteiger partial charge in [-0.25, -0.2) is 0 Å². The Balaban J connectivity index is 2.01. The van der Waals surface area contributed by atoms with Crippen LogP contribution >= 0.6 is 34.2 Å². The maximum absolute atomic E-state index is 11.7. The smallest absolute Gasteiger partial charge is 0.248 e. The molecule has 0 heterocycles. The first-order valence-electron chi connectivity index (χ1n) is 5.64. The zero-order chi connectivity index (χ0) is 13.7. The number of nitrogens with one attached hydrogen (secondary N) is 1. The van der Waals surface area contributed by atoms with E-state index in [1.165, 1.54) is 6.08 Å². The molecule has 0 aliphatic carbocycles. The Labute approximate surface area is 130 Å². The van der Waals surface area contributed by atoms with E-state index in [0.717, 1.165) is 14.8 Å². The highest BCUT2D eigenvalue weighted by Gasteiger charge is 1.98. The van der Waals surface area contributed by atoms with Crippen LogP contribution in [0.2, 0.25) is 5.02 Å². The predicted molar refractivity (Wildman–Crippen MR) is 88.3 cm³/mol. The molecule has 2 aromatic carbocycles. The van der Waals surface area contributed by atoms with Gasteiger partial charge in [-0.1, -0.05) is 29.8 Å². The molecule has 0 fully saturated rings. The van der Waals surface area contributed by atoms with E-state index in [0.29, 0.717) is 5.02 Å². The molecule has 4 heteroatoms. The van der Waals surface area contributed by atoms with E-state index in [-0.39, 0.29) is 5.91 Å². The van der Waals surface area contributed by atoms with Gasteiger partial charge in [0.05, 0.1) is 0 Å². The van der Waals surface area contributed by atoms with E-state index in [1.807, 2.05) is 36.4 Å². The van der Waals surface area contributed by atoms with E-state index in [2.05, 4.69) is 27.9 Å². The average Bonchev–Trinajstić information content (AvgIpc) is 2.36. The fourth-order valence-corrected chi connectivity index (χ4v) is 2.27. The van der Waals surface area contributed by atoms with Crippen molar-refractivity contribution in [3.8, 4) is 0 Å². The number of halogens is 2. The lowest BCUT2D eigenvalue weighted by Gasteiger charge is -2.02. The summed E-state index contributed by atoms with van der Waals surface area (Å²) in [5, 5.41) is 3.46. The number of carbonyl (C=O) groups is 1. The van der Waals surface area contributed by atoms with Gasteiger partial charge in [0.2, 0.25) is 5.91 Å². The Bertz CT molecular complexity index is 625. The second kappa shape index (κ2) is 6.73. The van der Waals surface area contributed by atoms with Gasteiger partial charge in [-0.15, -0.1) is 0 Å². The Morgan fingerprint density at radius 1 is 1.16 bits per heavy atom. The van der Waals surface area contributed by atoms with Gasteiger partial charge in [0.1, 0.15) is 0 Å². The van der Waals surface area contributed by atoms with Crippen molar-refractivity contribution < 1.29 is 4.79 Å². The van der Waals surface area contributed by atoms with Gasteiger partial charge >= 0.3 is 0 Å². The molecule has 0 bridgehead atoms. The minimum atomic E-state index is -0.165. The average molecular weight is 384 g/mol. The molecule has 0 aliphatic heterocycles. The van der Waals surface area contributed by atoms with Crippen LogP contribution in [0.25, 0.3) is 6.08 Å². The van der Waals surface area contributed by atoms with Gasteiger partial charge in [-0.2, -0.15) is 0 Å². The third-order valence-corrected chi connectivity index (χ3v) is 3.27. The number of anilines is 1. The summed E-state index contributed by atoms with van der Waals surface area (Å²) in [6.45, 7) is 0. The Morgan fingerprint density at radius 3 is 2.68 bits per heavy atom. The molecule has 0 radical (unpaired) electrons. The van der Waals surface area contributed by atoms with Crippen LogP contribution in [-0.2, 0) is 4.79 Å². The van der Waals surface area contributed by atoms with Crippen molar-refractivity contribution in [2.45, 2.75) is 0 Å². The van der Waals surface area contributed by atoms with Gasteiger partial charge < -0.3 is 5.32 Å². The molecule has 0 unspecified atom stereocenters. The van der Waals surface area contributed by atoms with Crippen molar-refractivity contribution in [2.75, 3.05) is 5.32 Å². The monoisotopic (exact) mass is 383 g/mol. The highest BCUT2D eigenvalue weighted by atomic mass is 127. The van der Waals surface area contributed by atoms with Gasteiger partial charge in [-0.05, 0) is 64.6 Å². The number of carbonyl (C=O) groups excluding carboxylic acids is 1. The first-order valence-corrected chi connectivity index (χ1v) is 7.09. The summed E-state index contributed by atoms with van der Waals surface area (Å²) in [7, 11) is 0. The van der Waals surface area contributed by atoms with Crippen LogP contribution in [0, 0.1) is 3.57 Å². The lowest BCUT2D eigenvalue weighted by Crippen LogP contribution is -2.07. The maximum Gasteiger partial charge on any atom is 0.248 e. The second-order valence-electron chi connectivity index (χ2n) is 3.89. The van der Waals surface area contributed by atoms with Gasteiger partial charge in [0, 0.05) is 20.4 Å². The highest BCUT2D eigenvalue weighted by molar-refractivity contribution is 14.1. The molecule has 0 aliphatic rings. The molecule has 2 nitrogen and oxygen atoms in total. The standard InChI is InChI=1S/C15H11ClINO/c16-12-4-1-3-11(9-12)7-8-15(19)18-14-6-2-5-13(17)10-14/h1-10H,(H,18,19)/b8-7+. The summed E-state index contributed by atoms with van der Waals surface area (Å²) < 4.78 is 1.08. The van der Waals surface area contributed by atoms with Gasteiger partial charge in [0.25, 0.3) is 0 Å². The van der Waals surface area contributed by atoms with Crippen LogP contribution in [0.5, 0.6) is 0 Å². The minimum Gasteiger partial charge on any atom is -0.322 e. The zero-order valence-electron chi connectivity index (χ0n) is 9.94. The van der Waals surface area contributed by atoms with Crippen LogP contribution in [0.1, 0.15) is 5.56 Å². The molecule has 0 aromatic heterocycles. The van der Waals surface area contributed by atoms with Crippen molar-refractivity contribution in [1.29, 1.82) is 0 Å². The molecule has 2 rings (SSSR count). The molecule has 2 aromatic rings. The van der Waals surface area contributed by atoms with Crippen molar-refractivity contribution in [3.05, 3.63) is 68.8 Å². The van der Waals surface area contributed by atoms with E-state index in [1.54, 1.807) is 18.2 Å². The Kier molecular flexibility index (Phi) is 4.99. The number of benzene rings is 2. The summed E-state index contributed by atoms with van der Waals surface area (Å²) in [6.07, 6.45) is 3.22. The largest absolute Gasteiger partial charge is 0.322 e. The fourth-order valence-electron chi connectivity index (χ4n) is 1.53. The topological polar surface area (TPSA) is 29.1 Å². The highest BCUT2D eigenvalue weighted by Crippen LogP contribution is 2.13. The minimum absolute atomic E-state index is 0.165. The molecule has 0 atom stereocenters. The lowest BCUT2D eigenvalue weighted by atomic mass is 10.2. The first kappa shape index (κ1) is 14.1. The van der Waals surface area contributed by atoms with Crippen molar-refractivity contribution in [3.63, 3.8) is 0 Å². The summed E-state index contributed by atoms with van der Waals surface area (Å²) in [4.78, 5) is 11.7. The van der Waals surface area contributed by atoms with Crippen LogP contribution in [-0.4, -0.2) is 5.91 Å². The SMILES string of the molecule is O=C(/C=C/c1cccc(Cl)c1)Nc1cccc(I)c1. The third kappa shape index (κ3) is 4.69. The summed E-state index contributed by atoms with van der Waals surface area (Å²) in [6, 6.07) is 15.0. The molecular weight excluding hydrogens is 373 g/mol. The molecule has 0 saturated carbocycles. The zero-order valence-corrected chi connectivity index (χ0v) is 12.9. The quantitative estimate of drug-likeness (QED) is 0.609. The molecule has 1 amide bonds. The van der Waals surface area contributed by atoms with Crippen LogP contribution in [0.15, 0.2) is 54.6 Å². The Morgan fingerprint density at radius 2 is 1.95 bits per heavy atom.